The van der Waals surface area contributed by atoms with Crippen molar-refractivity contribution in [1.29, 1.82) is 0 Å². The second-order valence-corrected chi connectivity index (χ2v) is 9.74. The van der Waals surface area contributed by atoms with E-state index in [1.807, 2.05) is 17.0 Å². The standard InChI is InChI=1S/C26H34N4O2/c1-28-14-16-29(17-15-28)23-7-3-2-6-20(23)18-21-10-13-30(25(21)31)22-8-9-24(27-19-22)26(32)11-4-5-12-26/h2-3,6-9,19,21,32H,4-5,10-18H2,1H3/t21-/m0/s1/i1-1. The Morgan fingerprint density at radius 3 is 2.50 bits per heavy atom. The number of nitrogens with zero attached hydrogens (tertiary/aromatic N) is 4. The molecule has 2 aliphatic heterocycles. The molecule has 5 rings (SSSR count). The van der Waals surface area contributed by atoms with Crippen LogP contribution in [0.5, 0.6) is 0 Å². The number of aliphatic hydroxyl groups is 1. The highest BCUT2D eigenvalue weighted by atomic mass is 16.3. The third-order valence-electron chi connectivity index (χ3n) is 7.59. The smallest absolute Gasteiger partial charge is 0.230 e. The summed E-state index contributed by atoms with van der Waals surface area (Å²) >= 11 is 0. The summed E-state index contributed by atoms with van der Waals surface area (Å²) in [5.41, 5.74) is 3.35. The van der Waals surface area contributed by atoms with Crippen LogP contribution in [0.3, 0.4) is 0 Å². The second-order valence-electron chi connectivity index (χ2n) is 9.74. The molecule has 1 aromatic heterocycles. The molecule has 0 unspecified atom stereocenters. The highest BCUT2D eigenvalue weighted by Crippen LogP contribution is 2.38. The quantitative estimate of drug-likeness (QED) is 0.785. The van der Waals surface area contributed by atoms with Gasteiger partial charge in [-0.1, -0.05) is 31.0 Å². The third kappa shape index (κ3) is 4.14. The lowest BCUT2D eigenvalue weighted by Crippen LogP contribution is -2.44. The first kappa shape index (κ1) is 21.4. The minimum absolute atomic E-state index is 0.00214. The average Bonchev–Trinajstić information content (AvgIpc) is 3.42. The molecule has 1 atom stereocenters. The molecule has 170 valence electrons. The highest BCUT2D eigenvalue weighted by Gasteiger charge is 2.36. The summed E-state index contributed by atoms with van der Waals surface area (Å²) in [4.78, 5) is 24.5. The normalized spacial score (nSPS) is 23.8. The summed E-state index contributed by atoms with van der Waals surface area (Å²) in [7, 11) is 2.17. The minimum Gasteiger partial charge on any atom is -0.384 e. The molecule has 0 radical (unpaired) electrons. The zero-order valence-corrected chi connectivity index (χ0v) is 19.0. The summed E-state index contributed by atoms with van der Waals surface area (Å²) in [5.74, 6) is 0.189. The Hall–Kier alpha value is -2.44. The largest absolute Gasteiger partial charge is 0.384 e. The van der Waals surface area contributed by atoms with Crippen LogP contribution >= 0.6 is 0 Å². The van der Waals surface area contributed by atoms with Gasteiger partial charge in [-0.25, -0.2) is 0 Å². The van der Waals surface area contributed by atoms with E-state index in [1.165, 1.54) is 11.3 Å². The van der Waals surface area contributed by atoms with Crippen molar-refractivity contribution < 1.29 is 9.90 Å². The number of carbonyl (C=O) groups is 1. The molecule has 6 nitrogen and oxygen atoms in total. The molecule has 1 amide bonds. The van der Waals surface area contributed by atoms with E-state index in [-0.39, 0.29) is 11.8 Å². The number of hydrogen-bond acceptors (Lipinski definition) is 5. The molecular formula is C26H34N4O2. The third-order valence-corrected chi connectivity index (χ3v) is 7.59. The van der Waals surface area contributed by atoms with Crippen LogP contribution in [0.4, 0.5) is 11.4 Å². The van der Waals surface area contributed by atoms with E-state index < -0.39 is 5.60 Å². The molecule has 2 saturated heterocycles. The Morgan fingerprint density at radius 2 is 1.78 bits per heavy atom. The van der Waals surface area contributed by atoms with Gasteiger partial charge in [0, 0.05) is 44.3 Å². The van der Waals surface area contributed by atoms with Crippen LogP contribution in [0.25, 0.3) is 0 Å². The topological polar surface area (TPSA) is 59.9 Å². The van der Waals surface area contributed by atoms with Crippen molar-refractivity contribution in [1.82, 2.24) is 9.88 Å². The molecule has 6 heteroatoms. The lowest BCUT2D eigenvalue weighted by Gasteiger charge is -2.35. The molecule has 3 aliphatic rings. The van der Waals surface area contributed by atoms with E-state index in [2.05, 4.69) is 46.1 Å². The summed E-state index contributed by atoms with van der Waals surface area (Å²) in [6.45, 7) is 4.93. The predicted octanol–water partition coefficient (Wildman–Crippen LogP) is 3.19. The van der Waals surface area contributed by atoms with Crippen molar-refractivity contribution in [3.63, 3.8) is 0 Å². The van der Waals surface area contributed by atoms with Gasteiger partial charge in [-0.3, -0.25) is 9.78 Å². The number of pyridine rings is 1. The number of rotatable bonds is 5. The lowest BCUT2D eigenvalue weighted by molar-refractivity contribution is -0.120. The fourth-order valence-corrected chi connectivity index (χ4v) is 5.53. The highest BCUT2D eigenvalue weighted by molar-refractivity contribution is 5.97. The first-order valence-corrected chi connectivity index (χ1v) is 12.1. The number of aromatic nitrogens is 1. The van der Waals surface area contributed by atoms with Gasteiger partial charge in [0.2, 0.25) is 5.91 Å². The van der Waals surface area contributed by atoms with Gasteiger partial charge in [0.05, 0.1) is 17.6 Å². The summed E-state index contributed by atoms with van der Waals surface area (Å²) in [6, 6.07) is 12.4. The number of likely N-dealkylation sites (N-methyl/N-ethyl adjacent to an activating group) is 1. The zero-order valence-electron chi connectivity index (χ0n) is 19.0. The van der Waals surface area contributed by atoms with Crippen LogP contribution in [0.2, 0.25) is 0 Å². The SMILES string of the molecule is [11CH3]N1CCN(c2ccccc2C[C@@H]2CCN(c3ccc(C4(O)CCCC4)nc3)C2=O)CC1. The molecule has 0 bridgehead atoms. The van der Waals surface area contributed by atoms with Gasteiger partial charge in [0.15, 0.2) is 0 Å². The van der Waals surface area contributed by atoms with Crippen LogP contribution in [-0.2, 0) is 16.8 Å². The van der Waals surface area contributed by atoms with Gasteiger partial charge in [-0.05, 0) is 56.5 Å². The van der Waals surface area contributed by atoms with Crippen LogP contribution in [0, 0.1) is 5.92 Å². The molecule has 2 aromatic rings. The van der Waals surface area contributed by atoms with Gasteiger partial charge in [-0.15, -0.1) is 0 Å². The van der Waals surface area contributed by atoms with Crippen molar-refractivity contribution in [3.05, 3.63) is 53.9 Å². The van der Waals surface area contributed by atoms with Gasteiger partial charge in [0.25, 0.3) is 0 Å². The molecule has 1 N–H and O–H groups in total. The van der Waals surface area contributed by atoms with Gasteiger partial charge >= 0.3 is 0 Å². The predicted molar refractivity (Wildman–Crippen MR) is 127 cm³/mol. The molecule has 3 heterocycles. The fourth-order valence-electron chi connectivity index (χ4n) is 5.53. The van der Waals surface area contributed by atoms with Crippen molar-refractivity contribution in [3.8, 4) is 0 Å². The fraction of sp³-hybridized carbons (Fsp3) is 0.538. The lowest BCUT2D eigenvalue weighted by atomic mass is 9.96. The molecular weight excluding hydrogens is 399 g/mol. The number of benzene rings is 1. The molecule has 1 aliphatic carbocycles. The van der Waals surface area contributed by atoms with E-state index >= 15 is 0 Å². The van der Waals surface area contributed by atoms with Gasteiger partial charge in [-0.2, -0.15) is 0 Å². The van der Waals surface area contributed by atoms with E-state index in [4.69, 9.17) is 0 Å². The van der Waals surface area contributed by atoms with Crippen molar-refractivity contribution >= 4 is 17.3 Å². The average molecular weight is 434 g/mol. The van der Waals surface area contributed by atoms with Gasteiger partial charge in [0.1, 0.15) is 5.60 Å². The summed E-state index contributed by atoms with van der Waals surface area (Å²) in [6.07, 6.45) is 7.05. The maximum absolute atomic E-state index is 13.3. The minimum atomic E-state index is -0.789. The molecule has 3 fully saturated rings. The van der Waals surface area contributed by atoms with Crippen molar-refractivity contribution in [2.24, 2.45) is 5.92 Å². The Kier molecular flexibility index (Phi) is 5.91. The van der Waals surface area contributed by atoms with Gasteiger partial charge < -0.3 is 19.8 Å². The van der Waals surface area contributed by atoms with E-state index in [0.717, 1.165) is 82.6 Å². The summed E-state index contributed by atoms with van der Waals surface area (Å²) in [5, 5.41) is 10.8. The van der Waals surface area contributed by atoms with Crippen molar-refractivity contribution in [2.75, 3.05) is 49.6 Å². The van der Waals surface area contributed by atoms with Crippen LogP contribution in [0.1, 0.15) is 43.4 Å². The number of anilines is 2. The second kappa shape index (κ2) is 8.83. The van der Waals surface area contributed by atoms with Crippen LogP contribution in [-0.4, -0.2) is 60.7 Å². The number of amides is 1. The first-order chi connectivity index (χ1) is 15.5. The molecule has 1 saturated carbocycles. The van der Waals surface area contributed by atoms with E-state index in [9.17, 15) is 9.90 Å². The maximum atomic E-state index is 13.3. The monoisotopic (exact) mass is 433 g/mol. The Labute approximate surface area is 190 Å². The Balaban J connectivity index is 1.27. The summed E-state index contributed by atoms with van der Waals surface area (Å²) < 4.78 is 0. The molecule has 0 spiro atoms. The Morgan fingerprint density at radius 1 is 1.03 bits per heavy atom. The zero-order chi connectivity index (χ0) is 22.1. The number of piperazine rings is 1. The van der Waals surface area contributed by atoms with E-state index in [0.29, 0.717) is 0 Å². The first-order valence-electron chi connectivity index (χ1n) is 12.1. The number of hydrogen-bond donors (Lipinski definition) is 1. The van der Waals surface area contributed by atoms with Crippen LogP contribution < -0.4 is 9.80 Å². The number of carbonyl (C=O) groups excluding carboxylic acids is 1. The molecule has 1 aromatic carbocycles. The Bertz CT molecular complexity index is 947. The van der Waals surface area contributed by atoms with E-state index in [1.54, 1.807) is 6.20 Å². The molecule has 32 heavy (non-hydrogen) atoms. The van der Waals surface area contributed by atoms with Crippen molar-refractivity contribution in [2.45, 2.75) is 44.1 Å². The van der Waals surface area contributed by atoms with Crippen LogP contribution in [0.15, 0.2) is 42.6 Å². The maximum Gasteiger partial charge on any atom is 0.230 e. The number of para-hydroxylation sites is 1.